The van der Waals surface area contributed by atoms with Crippen LogP contribution in [0.5, 0.6) is 5.75 Å². The normalized spacial score (nSPS) is 14.9. The Bertz CT molecular complexity index is 787. The fourth-order valence-corrected chi connectivity index (χ4v) is 4.44. The summed E-state index contributed by atoms with van der Waals surface area (Å²) in [6.07, 6.45) is 3.44. The number of nitrogens with one attached hydrogen (secondary N) is 1. The number of amides is 1. The molecule has 1 heterocycles. The summed E-state index contributed by atoms with van der Waals surface area (Å²) in [5.41, 5.74) is 1.63. The van der Waals surface area contributed by atoms with Gasteiger partial charge in [0.05, 0.1) is 0 Å². The first kappa shape index (κ1) is 19.8. The van der Waals surface area contributed by atoms with Crippen LogP contribution in [-0.2, 0) is 10.2 Å². The van der Waals surface area contributed by atoms with E-state index in [0.717, 1.165) is 11.4 Å². The molecular weight excluding hydrogens is 358 g/mol. The van der Waals surface area contributed by atoms with Gasteiger partial charge < -0.3 is 4.74 Å². The van der Waals surface area contributed by atoms with E-state index < -0.39 is 0 Å². The lowest BCUT2D eigenvalue weighted by atomic mass is 9.72. The molecule has 0 aliphatic heterocycles. The van der Waals surface area contributed by atoms with Crippen molar-refractivity contribution in [2.24, 2.45) is 5.41 Å². The van der Waals surface area contributed by atoms with E-state index in [1.807, 2.05) is 12.1 Å². The highest BCUT2D eigenvalue weighted by molar-refractivity contribution is 7.15. The predicted octanol–water partition coefficient (Wildman–Crippen LogP) is 5.15. The molecule has 1 N–H and O–H groups in total. The van der Waals surface area contributed by atoms with Gasteiger partial charge in [0.2, 0.25) is 5.13 Å². The van der Waals surface area contributed by atoms with Crippen molar-refractivity contribution in [1.29, 1.82) is 0 Å². The number of nitrogens with zero attached hydrogens (tertiary/aromatic N) is 2. The Kier molecular flexibility index (Phi) is 5.56. The third-order valence-electron chi connectivity index (χ3n) is 4.59. The van der Waals surface area contributed by atoms with Gasteiger partial charge in [-0.05, 0) is 47.8 Å². The monoisotopic (exact) mass is 387 g/mol. The summed E-state index contributed by atoms with van der Waals surface area (Å²) in [6, 6.07) is 8.05. The van der Waals surface area contributed by atoms with Crippen LogP contribution in [0.4, 0.5) is 5.13 Å². The molecule has 1 saturated carbocycles. The number of anilines is 1. The SMILES string of the molecule is CC(C)(C)CC(C)(C)c1ccc(OCC(=O)Nc2nnc(C3CC3)s2)cc1. The van der Waals surface area contributed by atoms with Crippen LogP contribution in [0.2, 0.25) is 0 Å². The van der Waals surface area contributed by atoms with E-state index in [4.69, 9.17) is 4.74 Å². The topological polar surface area (TPSA) is 64.1 Å². The highest BCUT2D eigenvalue weighted by Crippen LogP contribution is 2.42. The van der Waals surface area contributed by atoms with Crippen LogP contribution in [0.15, 0.2) is 24.3 Å². The molecule has 5 nitrogen and oxygen atoms in total. The lowest BCUT2D eigenvalue weighted by molar-refractivity contribution is -0.118. The third-order valence-corrected chi connectivity index (χ3v) is 5.59. The molecule has 1 aromatic carbocycles. The zero-order chi connectivity index (χ0) is 19.7. The van der Waals surface area contributed by atoms with E-state index >= 15 is 0 Å². The van der Waals surface area contributed by atoms with Gasteiger partial charge >= 0.3 is 0 Å². The molecular formula is C21H29N3O2S. The van der Waals surface area contributed by atoms with E-state index in [1.54, 1.807) is 0 Å². The number of hydrogen-bond acceptors (Lipinski definition) is 5. The second-order valence-corrected chi connectivity index (χ2v) is 10.2. The molecule has 2 aromatic rings. The van der Waals surface area contributed by atoms with Crippen molar-refractivity contribution in [3.8, 4) is 5.75 Å². The van der Waals surface area contributed by atoms with Gasteiger partial charge in [0.15, 0.2) is 6.61 Å². The molecule has 0 bridgehead atoms. The second kappa shape index (κ2) is 7.58. The van der Waals surface area contributed by atoms with Crippen molar-refractivity contribution in [2.75, 3.05) is 11.9 Å². The van der Waals surface area contributed by atoms with Crippen molar-refractivity contribution in [3.63, 3.8) is 0 Å². The zero-order valence-corrected chi connectivity index (χ0v) is 17.7. The standard InChI is InChI=1S/C21H29N3O2S/c1-20(2,3)13-21(4,5)15-8-10-16(11-9-15)26-12-17(25)22-19-24-23-18(27-19)14-6-7-14/h8-11,14H,6-7,12-13H2,1-5H3,(H,22,24,25). The van der Waals surface area contributed by atoms with Gasteiger partial charge in [-0.2, -0.15) is 0 Å². The Labute approximate surface area is 165 Å². The Hall–Kier alpha value is -1.95. The highest BCUT2D eigenvalue weighted by atomic mass is 32.1. The molecule has 27 heavy (non-hydrogen) atoms. The first-order chi connectivity index (χ1) is 12.6. The molecule has 0 saturated heterocycles. The maximum atomic E-state index is 12.1. The van der Waals surface area contributed by atoms with Gasteiger partial charge in [-0.3, -0.25) is 10.1 Å². The summed E-state index contributed by atoms with van der Waals surface area (Å²) in [5.74, 6) is 1.02. The minimum absolute atomic E-state index is 0.0386. The fourth-order valence-electron chi connectivity index (χ4n) is 3.51. The molecule has 0 radical (unpaired) electrons. The maximum Gasteiger partial charge on any atom is 0.264 e. The third kappa shape index (κ3) is 5.76. The summed E-state index contributed by atoms with van der Waals surface area (Å²) in [5, 5.41) is 12.5. The quantitative estimate of drug-likeness (QED) is 0.714. The highest BCUT2D eigenvalue weighted by Gasteiger charge is 2.28. The summed E-state index contributed by atoms with van der Waals surface area (Å²) >= 11 is 1.45. The predicted molar refractivity (Wildman–Crippen MR) is 110 cm³/mol. The van der Waals surface area contributed by atoms with E-state index in [-0.39, 0.29) is 23.3 Å². The molecule has 6 heteroatoms. The first-order valence-electron chi connectivity index (χ1n) is 9.49. The van der Waals surface area contributed by atoms with Gasteiger partial charge in [-0.15, -0.1) is 10.2 Å². The van der Waals surface area contributed by atoms with Crippen molar-refractivity contribution < 1.29 is 9.53 Å². The van der Waals surface area contributed by atoms with Crippen molar-refractivity contribution >= 4 is 22.4 Å². The summed E-state index contributed by atoms with van der Waals surface area (Å²) in [4.78, 5) is 12.1. The molecule has 0 atom stereocenters. The van der Waals surface area contributed by atoms with Crippen LogP contribution < -0.4 is 10.1 Å². The summed E-state index contributed by atoms with van der Waals surface area (Å²) in [7, 11) is 0. The van der Waals surface area contributed by atoms with E-state index in [2.05, 4.69) is 62.3 Å². The Morgan fingerprint density at radius 3 is 2.41 bits per heavy atom. The Morgan fingerprint density at radius 2 is 1.81 bits per heavy atom. The average molecular weight is 388 g/mol. The minimum Gasteiger partial charge on any atom is -0.484 e. The summed E-state index contributed by atoms with van der Waals surface area (Å²) < 4.78 is 5.62. The second-order valence-electron chi connectivity index (χ2n) is 9.20. The van der Waals surface area contributed by atoms with Crippen LogP contribution in [0.3, 0.4) is 0 Å². The Balaban J connectivity index is 1.51. The smallest absolute Gasteiger partial charge is 0.264 e. The first-order valence-corrected chi connectivity index (χ1v) is 10.3. The number of hydrogen-bond donors (Lipinski definition) is 1. The number of benzene rings is 1. The molecule has 0 unspecified atom stereocenters. The van der Waals surface area contributed by atoms with Gasteiger partial charge in [-0.1, -0.05) is 58.1 Å². The molecule has 1 aliphatic rings. The van der Waals surface area contributed by atoms with Gasteiger partial charge in [0.25, 0.3) is 5.91 Å². The van der Waals surface area contributed by atoms with Crippen molar-refractivity contribution in [2.45, 2.75) is 65.2 Å². The molecule has 146 valence electrons. The van der Waals surface area contributed by atoms with Gasteiger partial charge in [-0.25, -0.2) is 0 Å². The molecule has 3 rings (SSSR count). The fraction of sp³-hybridized carbons (Fsp3) is 0.571. The minimum atomic E-state index is -0.217. The number of carbonyl (C=O) groups excluding carboxylic acids is 1. The van der Waals surface area contributed by atoms with Crippen LogP contribution >= 0.6 is 11.3 Å². The number of aromatic nitrogens is 2. The van der Waals surface area contributed by atoms with Crippen LogP contribution in [0, 0.1) is 5.41 Å². The number of rotatable bonds is 7. The zero-order valence-electron chi connectivity index (χ0n) is 16.8. The molecule has 1 amide bonds. The van der Waals surface area contributed by atoms with Crippen molar-refractivity contribution in [1.82, 2.24) is 10.2 Å². The summed E-state index contributed by atoms with van der Waals surface area (Å²) in [6.45, 7) is 11.3. The molecule has 1 aliphatic carbocycles. The van der Waals surface area contributed by atoms with Crippen LogP contribution in [0.25, 0.3) is 0 Å². The number of carbonyl (C=O) groups is 1. The van der Waals surface area contributed by atoms with Gasteiger partial charge in [0, 0.05) is 5.92 Å². The molecule has 0 spiro atoms. The lowest BCUT2D eigenvalue weighted by Crippen LogP contribution is -2.24. The van der Waals surface area contributed by atoms with Crippen LogP contribution in [0.1, 0.15) is 70.4 Å². The Morgan fingerprint density at radius 1 is 1.15 bits per heavy atom. The van der Waals surface area contributed by atoms with E-state index in [1.165, 1.54) is 29.7 Å². The van der Waals surface area contributed by atoms with E-state index in [9.17, 15) is 4.79 Å². The van der Waals surface area contributed by atoms with E-state index in [0.29, 0.717) is 16.8 Å². The maximum absolute atomic E-state index is 12.1. The lowest BCUT2D eigenvalue weighted by Gasteiger charge is -2.33. The van der Waals surface area contributed by atoms with Crippen LogP contribution in [-0.4, -0.2) is 22.7 Å². The number of ether oxygens (including phenoxy) is 1. The molecule has 1 aromatic heterocycles. The van der Waals surface area contributed by atoms with Gasteiger partial charge in [0.1, 0.15) is 10.8 Å². The largest absolute Gasteiger partial charge is 0.484 e. The van der Waals surface area contributed by atoms with Crippen molar-refractivity contribution in [3.05, 3.63) is 34.8 Å². The molecule has 1 fully saturated rings. The average Bonchev–Trinajstić information content (AvgIpc) is 3.31.